The van der Waals surface area contributed by atoms with E-state index in [4.69, 9.17) is 21.6 Å². The van der Waals surface area contributed by atoms with Gasteiger partial charge in [-0.15, -0.1) is 0 Å². The third-order valence-corrected chi connectivity index (χ3v) is 8.73. The molecule has 3 aromatic carbocycles. The first kappa shape index (κ1) is 24.6. The molecule has 1 aliphatic rings. The molecule has 5 rings (SSSR count). The summed E-state index contributed by atoms with van der Waals surface area (Å²) in [4.78, 5) is 12.3. The number of anilines is 1. The summed E-state index contributed by atoms with van der Waals surface area (Å²) < 4.78 is 27.6. The Bertz CT molecular complexity index is 1440. The lowest BCUT2D eigenvalue weighted by atomic mass is 10.2. The lowest BCUT2D eigenvalue weighted by Gasteiger charge is -2.36. The molecule has 9 heteroatoms. The molecule has 1 saturated heterocycles. The van der Waals surface area contributed by atoms with Crippen LogP contribution in [0.25, 0.3) is 10.9 Å². The summed E-state index contributed by atoms with van der Waals surface area (Å²) in [5, 5.41) is 4.97. The summed E-state index contributed by atoms with van der Waals surface area (Å²) in [5.41, 5.74) is 2.06. The number of sulfonamides is 1. The summed E-state index contributed by atoms with van der Waals surface area (Å²) >= 11 is 5.93. The Labute approximate surface area is 216 Å². The maximum Gasteiger partial charge on any atom is 0.243 e. The molecule has 0 radical (unpaired) electrons. The Balaban J connectivity index is 1.32. The fourth-order valence-corrected chi connectivity index (χ4v) is 6.00. The highest BCUT2D eigenvalue weighted by Gasteiger charge is 2.31. The minimum absolute atomic E-state index is 0.0627. The van der Waals surface area contributed by atoms with E-state index in [0.717, 1.165) is 22.5 Å². The van der Waals surface area contributed by atoms with Crippen molar-refractivity contribution in [1.82, 2.24) is 19.2 Å². The van der Waals surface area contributed by atoms with Crippen LogP contribution in [-0.4, -0.2) is 53.8 Å². The number of fused-ring (bicyclic) bond motifs is 1. The molecule has 0 spiro atoms. The summed E-state index contributed by atoms with van der Waals surface area (Å²) in [7, 11) is -3.56. The van der Waals surface area contributed by atoms with Gasteiger partial charge in [-0.05, 0) is 48.9 Å². The van der Waals surface area contributed by atoms with E-state index in [1.165, 1.54) is 9.87 Å². The van der Waals surface area contributed by atoms with Gasteiger partial charge in [-0.25, -0.2) is 18.4 Å². The molecule has 1 N–H and O–H groups in total. The molecule has 0 amide bonds. The van der Waals surface area contributed by atoms with E-state index in [2.05, 4.69) is 29.3 Å². The highest BCUT2D eigenvalue weighted by molar-refractivity contribution is 7.89. The molecular weight excluding hydrogens is 494 g/mol. The molecule has 1 atom stereocenters. The van der Waals surface area contributed by atoms with Gasteiger partial charge < -0.3 is 5.32 Å². The van der Waals surface area contributed by atoms with Crippen molar-refractivity contribution in [3.8, 4) is 0 Å². The van der Waals surface area contributed by atoms with Crippen LogP contribution in [0.1, 0.15) is 24.4 Å². The van der Waals surface area contributed by atoms with Crippen molar-refractivity contribution in [2.24, 2.45) is 0 Å². The number of piperazine rings is 1. The Morgan fingerprint density at radius 3 is 2.28 bits per heavy atom. The van der Waals surface area contributed by atoms with E-state index >= 15 is 0 Å². The second kappa shape index (κ2) is 10.5. The molecule has 0 saturated carbocycles. The monoisotopic (exact) mass is 521 g/mol. The van der Waals surface area contributed by atoms with Crippen LogP contribution in [0.3, 0.4) is 0 Å². The predicted molar refractivity (Wildman–Crippen MR) is 144 cm³/mol. The van der Waals surface area contributed by atoms with Gasteiger partial charge in [0.25, 0.3) is 0 Å². The maximum atomic E-state index is 13.1. The zero-order valence-electron chi connectivity index (χ0n) is 20.0. The van der Waals surface area contributed by atoms with Gasteiger partial charge in [0.15, 0.2) is 0 Å². The molecule has 4 aromatic rings. The highest BCUT2D eigenvalue weighted by atomic mass is 35.5. The second-order valence-electron chi connectivity index (χ2n) is 8.86. The van der Waals surface area contributed by atoms with Crippen molar-refractivity contribution in [2.45, 2.75) is 24.4 Å². The van der Waals surface area contributed by atoms with Gasteiger partial charge in [0.2, 0.25) is 10.0 Å². The van der Waals surface area contributed by atoms with Crippen LogP contribution in [0.4, 0.5) is 5.82 Å². The Morgan fingerprint density at radius 2 is 1.56 bits per heavy atom. The number of aromatic nitrogens is 2. The maximum absolute atomic E-state index is 13.1. The van der Waals surface area contributed by atoms with Crippen molar-refractivity contribution in [3.63, 3.8) is 0 Å². The van der Waals surface area contributed by atoms with Gasteiger partial charge in [0, 0.05) is 43.1 Å². The minimum atomic E-state index is -3.56. The van der Waals surface area contributed by atoms with E-state index in [-0.39, 0.29) is 10.9 Å². The smallest absolute Gasteiger partial charge is 0.243 e. The number of nitrogens with one attached hydrogen (secondary N) is 1. The van der Waals surface area contributed by atoms with Gasteiger partial charge in [0.05, 0.1) is 16.5 Å². The third-order valence-electron chi connectivity index (χ3n) is 6.57. The minimum Gasteiger partial charge on any atom is -0.365 e. The molecule has 1 unspecified atom stereocenters. The van der Waals surface area contributed by atoms with Crippen LogP contribution in [0.15, 0.2) is 83.8 Å². The number of halogens is 1. The van der Waals surface area contributed by atoms with E-state index < -0.39 is 10.0 Å². The van der Waals surface area contributed by atoms with Crippen molar-refractivity contribution in [3.05, 3.63) is 95.3 Å². The molecule has 1 aliphatic heterocycles. The van der Waals surface area contributed by atoms with E-state index in [9.17, 15) is 8.42 Å². The standard InChI is InChI=1S/C27H28ClN5O2S/c1-20(32-15-17-33(18-16-32)36(34,35)23-13-11-22(28)12-14-23)26-30-25-10-6-5-9-24(25)27(31-26)29-19-21-7-3-2-4-8-21/h2-14,20H,15-19H2,1H3,(H,29,30,31). The predicted octanol–water partition coefficient (Wildman–Crippen LogP) is 4.96. The van der Waals surface area contributed by atoms with Gasteiger partial charge in [0.1, 0.15) is 11.6 Å². The van der Waals surface area contributed by atoms with Gasteiger partial charge in [-0.3, -0.25) is 4.90 Å². The number of para-hydroxylation sites is 1. The fraction of sp³-hybridized carbons (Fsp3) is 0.259. The van der Waals surface area contributed by atoms with Crippen LogP contribution in [0.5, 0.6) is 0 Å². The molecular formula is C27H28ClN5O2S. The molecule has 0 bridgehead atoms. The zero-order chi connectivity index (χ0) is 25.1. The van der Waals surface area contributed by atoms with E-state index in [0.29, 0.717) is 37.7 Å². The van der Waals surface area contributed by atoms with Crippen LogP contribution in [0.2, 0.25) is 5.02 Å². The largest absolute Gasteiger partial charge is 0.365 e. The van der Waals surface area contributed by atoms with Gasteiger partial charge in [-0.2, -0.15) is 4.31 Å². The molecule has 1 aromatic heterocycles. The first-order chi connectivity index (χ1) is 17.4. The van der Waals surface area contributed by atoms with E-state index in [1.54, 1.807) is 24.3 Å². The van der Waals surface area contributed by atoms with Crippen molar-refractivity contribution >= 4 is 38.3 Å². The van der Waals surface area contributed by atoms with Gasteiger partial charge in [-0.1, -0.05) is 54.1 Å². The number of rotatable bonds is 7. The normalized spacial score (nSPS) is 16.2. The second-order valence-corrected chi connectivity index (χ2v) is 11.2. The lowest BCUT2D eigenvalue weighted by Crippen LogP contribution is -2.49. The average molecular weight is 522 g/mol. The zero-order valence-corrected chi connectivity index (χ0v) is 21.6. The Kier molecular flexibility index (Phi) is 7.20. The quantitative estimate of drug-likeness (QED) is 0.370. The topological polar surface area (TPSA) is 78.4 Å². The Hall–Kier alpha value is -3.04. The van der Waals surface area contributed by atoms with Crippen molar-refractivity contribution in [2.75, 3.05) is 31.5 Å². The van der Waals surface area contributed by atoms with Gasteiger partial charge >= 0.3 is 0 Å². The highest BCUT2D eigenvalue weighted by Crippen LogP contribution is 2.27. The average Bonchev–Trinajstić information content (AvgIpc) is 2.92. The number of hydrogen-bond donors (Lipinski definition) is 1. The summed E-state index contributed by atoms with van der Waals surface area (Å²) in [6.07, 6.45) is 0. The number of nitrogens with zero attached hydrogens (tertiary/aromatic N) is 4. The first-order valence-corrected chi connectivity index (χ1v) is 13.8. The molecule has 36 heavy (non-hydrogen) atoms. The summed E-state index contributed by atoms with van der Waals surface area (Å²) in [6, 6.07) is 24.5. The fourth-order valence-electron chi connectivity index (χ4n) is 4.45. The number of hydrogen-bond acceptors (Lipinski definition) is 6. The van der Waals surface area contributed by atoms with Crippen LogP contribution in [-0.2, 0) is 16.6 Å². The summed E-state index contributed by atoms with van der Waals surface area (Å²) in [6.45, 7) is 4.74. The molecule has 0 aliphatic carbocycles. The lowest BCUT2D eigenvalue weighted by molar-refractivity contribution is 0.141. The first-order valence-electron chi connectivity index (χ1n) is 12.0. The molecule has 1 fully saturated rings. The van der Waals surface area contributed by atoms with Crippen molar-refractivity contribution < 1.29 is 8.42 Å². The van der Waals surface area contributed by atoms with Crippen molar-refractivity contribution in [1.29, 1.82) is 0 Å². The van der Waals surface area contributed by atoms with E-state index in [1.807, 2.05) is 42.5 Å². The third kappa shape index (κ3) is 5.22. The summed E-state index contributed by atoms with van der Waals surface area (Å²) in [5.74, 6) is 1.52. The SMILES string of the molecule is CC(c1nc(NCc2ccccc2)c2ccccc2n1)N1CCN(S(=O)(=O)c2ccc(Cl)cc2)CC1. The number of benzene rings is 3. The molecule has 7 nitrogen and oxygen atoms in total. The molecule has 186 valence electrons. The molecule has 2 heterocycles. The van der Waals surface area contributed by atoms with Crippen LogP contribution < -0.4 is 5.32 Å². The van der Waals surface area contributed by atoms with Crippen LogP contribution in [0, 0.1) is 0 Å². The Morgan fingerprint density at radius 1 is 0.889 bits per heavy atom. The van der Waals surface area contributed by atoms with Crippen LogP contribution >= 0.6 is 11.6 Å².